The molecule has 0 saturated heterocycles. The van der Waals surface area contributed by atoms with Crippen LogP contribution in [0, 0.1) is 0 Å². The molecule has 1 heterocycles. The molecule has 0 aliphatic carbocycles. The van der Waals surface area contributed by atoms with Gasteiger partial charge in [-0.1, -0.05) is 23.7 Å². The summed E-state index contributed by atoms with van der Waals surface area (Å²) < 4.78 is 41.3. The number of hydrogen-bond acceptors (Lipinski definition) is 3. The van der Waals surface area contributed by atoms with Gasteiger partial charge in [0.05, 0.1) is 11.3 Å². The average molecular weight is 331 g/mol. The Labute approximate surface area is 128 Å². The van der Waals surface area contributed by atoms with Crippen molar-refractivity contribution in [2.45, 2.75) is 6.18 Å². The number of pyridine rings is 1. The van der Waals surface area contributed by atoms with Crippen LogP contribution in [0.25, 0.3) is 0 Å². The number of amides is 1. The third-order valence-corrected chi connectivity index (χ3v) is 2.74. The molecule has 1 aromatic carbocycles. The lowest BCUT2D eigenvalue weighted by molar-refractivity contribution is -0.153. The van der Waals surface area contributed by atoms with E-state index in [-0.39, 0.29) is 22.2 Å². The lowest BCUT2D eigenvalue weighted by Gasteiger charge is -2.13. The first kappa shape index (κ1) is 16.1. The van der Waals surface area contributed by atoms with Crippen molar-refractivity contribution in [3.8, 4) is 5.75 Å². The molecule has 1 amide bonds. The summed E-state index contributed by atoms with van der Waals surface area (Å²) in [6.45, 7) is -1.44. The van der Waals surface area contributed by atoms with E-state index in [4.69, 9.17) is 11.6 Å². The van der Waals surface area contributed by atoms with Gasteiger partial charge in [-0.2, -0.15) is 13.2 Å². The lowest BCUT2D eigenvalue weighted by atomic mass is 10.2. The van der Waals surface area contributed by atoms with Crippen molar-refractivity contribution in [2.75, 3.05) is 11.9 Å². The first-order chi connectivity index (χ1) is 10.3. The standard InChI is InChI=1S/C14H10ClF3N2O2/c15-12-6-5-9(7-19-12)13(21)20-10-3-1-2-4-11(10)22-8-14(16,17)18/h1-7H,8H2,(H,20,21). The number of para-hydroxylation sites is 2. The Balaban J connectivity index is 2.12. The van der Waals surface area contributed by atoms with Crippen molar-refractivity contribution in [3.63, 3.8) is 0 Å². The van der Waals surface area contributed by atoms with Gasteiger partial charge in [-0.25, -0.2) is 4.98 Å². The van der Waals surface area contributed by atoms with Crippen LogP contribution < -0.4 is 10.1 Å². The van der Waals surface area contributed by atoms with Gasteiger partial charge in [-0.15, -0.1) is 0 Å². The Morgan fingerprint density at radius 3 is 2.59 bits per heavy atom. The normalized spacial score (nSPS) is 11.1. The summed E-state index contributed by atoms with van der Waals surface area (Å²) in [4.78, 5) is 15.8. The summed E-state index contributed by atoms with van der Waals surface area (Å²) in [7, 11) is 0. The Morgan fingerprint density at radius 2 is 1.95 bits per heavy atom. The first-order valence-electron chi connectivity index (χ1n) is 6.06. The Bertz CT molecular complexity index is 660. The number of benzene rings is 1. The zero-order chi connectivity index (χ0) is 16.2. The largest absolute Gasteiger partial charge is 0.482 e. The van der Waals surface area contributed by atoms with Gasteiger partial charge < -0.3 is 10.1 Å². The zero-order valence-corrected chi connectivity index (χ0v) is 11.8. The molecule has 0 radical (unpaired) electrons. The van der Waals surface area contributed by atoms with Crippen LogP contribution in [0.5, 0.6) is 5.75 Å². The second kappa shape index (κ2) is 6.65. The molecule has 0 fully saturated rings. The molecule has 2 aromatic rings. The third kappa shape index (κ3) is 4.63. The highest BCUT2D eigenvalue weighted by atomic mass is 35.5. The highest BCUT2D eigenvalue weighted by Gasteiger charge is 2.28. The molecule has 4 nitrogen and oxygen atoms in total. The summed E-state index contributed by atoms with van der Waals surface area (Å²) in [5, 5.41) is 2.70. The molecule has 0 aliphatic heterocycles. The fourth-order valence-electron chi connectivity index (χ4n) is 1.56. The summed E-state index contributed by atoms with van der Waals surface area (Å²) in [6, 6.07) is 8.72. The van der Waals surface area contributed by atoms with Crippen LogP contribution in [0.2, 0.25) is 5.15 Å². The van der Waals surface area contributed by atoms with E-state index in [1.54, 1.807) is 6.07 Å². The minimum atomic E-state index is -4.46. The summed E-state index contributed by atoms with van der Waals surface area (Å²) in [5.74, 6) is -0.609. The van der Waals surface area contributed by atoms with Crippen molar-refractivity contribution < 1.29 is 22.7 Å². The zero-order valence-electron chi connectivity index (χ0n) is 11.0. The number of halogens is 4. The van der Waals surface area contributed by atoms with E-state index in [1.807, 2.05) is 0 Å². The first-order valence-corrected chi connectivity index (χ1v) is 6.44. The molecule has 0 spiro atoms. The van der Waals surface area contributed by atoms with Crippen molar-refractivity contribution in [2.24, 2.45) is 0 Å². The minimum Gasteiger partial charge on any atom is -0.482 e. The van der Waals surface area contributed by atoms with E-state index in [0.717, 1.165) is 0 Å². The van der Waals surface area contributed by atoms with Crippen molar-refractivity contribution in [1.29, 1.82) is 0 Å². The van der Waals surface area contributed by atoms with Gasteiger partial charge in [-0.05, 0) is 24.3 Å². The predicted octanol–water partition coefficient (Wildman–Crippen LogP) is 3.93. The monoisotopic (exact) mass is 330 g/mol. The topological polar surface area (TPSA) is 51.2 Å². The van der Waals surface area contributed by atoms with Crippen LogP contribution >= 0.6 is 11.6 Å². The molecular formula is C14H10ClF3N2O2. The number of hydrogen-bond donors (Lipinski definition) is 1. The highest BCUT2D eigenvalue weighted by molar-refractivity contribution is 6.29. The van der Waals surface area contributed by atoms with Crippen LogP contribution in [0.3, 0.4) is 0 Å². The second-order valence-electron chi connectivity index (χ2n) is 4.22. The molecule has 1 N–H and O–H groups in total. The quantitative estimate of drug-likeness (QED) is 0.864. The van der Waals surface area contributed by atoms with Crippen molar-refractivity contribution in [3.05, 3.63) is 53.3 Å². The van der Waals surface area contributed by atoms with Gasteiger partial charge in [-0.3, -0.25) is 4.79 Å². The molecule has 2 rings (SSSR count). The summed E-state index contributed by atoms with van der Waals surface area (Å²) in [6.07, 6.45) is -3.20. The molecule has 8 heteroatoms. The van der Waals surface area contributed by atoms with Gasteiger partial charge in [0, 0.05) is 6.20 Å². The van der Waals surface area contributed by atoms with Gasteiger partial charge >= 0.3 is 6.18 Å². The number of carbonyl (C=O) groups excluding carboxylic acids is 1. The van der Waals surface area contributed by atoms with E-state index in [2.05, 4.69) is 15.0 Å². The number of anilines is 1. The molecule has 1 aromatic heterocycles. The average Bonchev–Trinajstić information content (AvgIpc) is 2.46. The minimum absolute atomic E-state index is 0.0740. The predicted molar refractivity (Wildman–Crippen MR) is 75.2 cm³/mol. The Kier molecular flexibility index (Phi) is 4.87. The molecule has 0 unspecified atom stereocenters. The number of aromatic nitrogens is 1. The van der Waals surface area contributed by atoms with E-state index < -0.39 is 18.7 Å². The van der Waals surface area contributed by atoms with Crippen LogP contribution in [-0.4, -0.2) is 23.7 Å². The van der Waals surface area contributed by atoms with Crippen molar-refractivity contribution >= 4 is 23.2 Å². The van der Waals surface area contributed by atoms with E-state index in [0.29, 0.717) is 0 Å². The molecule has 0 atom stereocenters. The SMILES string of the molecule is O=C(Nc1ccccc1OCC(F)(F)F)c1ccc(Cl)nc1. The maximum atomic E-state index is 12.2. The Hall–Kier alpha value is -2.28. The number of ether oxygens (including phenoxy) is 1. The highest BCUT2D eigenvalue weighted by Crippen LogP contribution is 2.26. The number of carbonyl (C=O) groups is 1. The van der Waals surface area contributed by atoms with E-state index in [1.165, 1.54) is 36.5 Å². The molecular weight excluding hydrogens is 321 g/mol. The van der Waals surface area contributed by atoms with Crippen LogP contribution in [-0.2, 0) is 0 Å². The summed E-state index contributed by atoms with van der Waals surface area (Å²) >= 11 is 5.62. The fraction of sp³-hybridized carbons (Fsp3) is 0.143. The number of rotatable bonds is 4. The van der Waals surface area contributed by atoms with Crippen LogP contribution in [0.4, 0.5) is 18.9 Å². The Morgan fingerprint density at radius 1 is 1.23 bits per heavy atom. The second-order valence-corrected chi connectivity index (χ2v) is 4.61. The summed E-state index contributed by atoms with van der Waals surface area (Å²) in [5.41, 5.74) is 0.349. The number of nitrogens with one attached hydrogen (secondary N) is 1. The molecule has 0 saturated carbocycles. The maximum absolute atomic E-state index is 12.2. The molecule has 116 valence electrons. The van der Waals surface area contributed by atoms with Gasteiger partial charge in [0.25, 0.3) is 5.91 Å². The van der Waals surface area contributed by atoms with Gasteiger partial charge in [0.1, 0.15) is 10.9 Å². The molecule has 22 heavy (non-hydrogen) atoms. The smallest absolute Gasteiger partial charge is 0.422 e. The van der Waals surface area contributed by atoms with Gasteiger partial charge in [0.15, 0.2) is 6.61 Å². The van der Waals surface area contributed by atoms with E-state index in [9.17, 15) is 18.0 Å². The van der Waals surface area contributed by atoms with Crippen LogP contribution in [0.15, 0.2) is 42.6 Å². The lowest BCUT2D eigenvalue weighted by Crippen LogP contribution is -2.20. The molecule has 0 aliphatic rings. The van der Waals surface area contributed by atoms with Crippen molar-refractivity contribution in [1.82, 2.24) is 4.98 Å². The number of alkyl halides is 3. The van der Waals surface area contributed by atoms with E-state index >= 15 is 0 Å². The van der Waals surface area contributed by atoms with Gasteiger partial charge in [0.2, 0.25) is 0 Å². The molecule has 0 bridgehead atoms. The number of nitrogens with zero attached hydrogens (tertiary/aromatic N) is 1. The maximum Gasteiger partial charge on any atom is 0.422 e. The fourth-order valence-corrected chi connectivity index (χ4v) is 1.67. The van der Waals surface area contributed by atoms with Crippen LogP contribution in [0.1, 0.15) is 10.4 Å². The third-order valence-electron chi connectivity index (χ3n) is 2.52.